The Morgan fingerprint density at radius 2 is 1.62 bits per heavy atom. The van der Waals surface area contributed by atoms with E-state index >= 15 is 0 Å². The maximum absolute atomic E-state index is 12.6. The number of aromatic nitrogens is 2. The highest BCUT2D eigenvalue weighted by Crippen LogP contribution is 2.20. The topological polar surface area (TPSA) is 143 Å². The minimum absolute atomic E-state index is 0.0350. The van der Waals surface area contributed by atoms with E-state index in [-0.39, 0.29) is 16.5 Å². The normalized spacial score (nSPS) is 12.4. The largest absolute Gasteiger partial charge is 0.324 e. The van der Waals surface area contributed by atoms with Crippen molar-refractivity contribution in [3.63, 3.8) is 0 Å². The Morgan fingerprint density at radius 1 is 0.971 bits per heavy atom. The number of aryl methyl sites for hydroxylation is 3. The number of benzene rings is 2. The van der Waals surface area contributed by atoms with Crippen LogP contribution in [0.2, 0.25) is 0 Å². The second kappa shape index (κ2) is 10.3. The van der Waals surface area contributed by atoms with Crippen LogP contribution in [0.5, 0.6) is 0 Å². The van der Waals surface area contributed by atoms with Gasteiger partial charge in [-0.15, -0.1) is 0 Å². The lowest BCUT2D eigenvalue weighted by Gasteiger charge is -2.11. The molecule has 0 aliphatic heterocycles. The van der Waals surface area contributed by atoms with Crippen LogP contribution in [0.3, 0.4) is 0 Å². The summed E-state index contributed by atoms with van der Waals surface area (Å²) in [6.07, 6.45) is 1.45. The number of nitrogens with one attached hydrogen (secondary N) is 2. The predicted octanol–water partition coefficient (Wildman–Crippen LogP) is 3.88. The van der Waals surface area contributed by atoms with Gasteiger partial charge < -0.3 is 5.32 Å². The standard InChI is InChI=1S/C23H24N6O4S/c1-14-11-15(2)13-19(12-14)26-22(31)21(17(4)30)28-27-18-5-7-20(8-6-18)34(32,33)29-23-24-10-9-16(3)25-23/h5-13,21H,1-4H3,(H,26,31)(H,24,25,29)/t21-/m1/s1. The summed E-state index contributed by atoms with van der Waals surface area (Å²) in [5.41, 5.74) is 3.38. The minimum atomic E-state index is -3.91. The second-order valence-corrected chi connectivity index (χ2v) is 9.40. The number of Topliss-reactive ketones (excluding diaryl/α,β-unsaturated/α-hetero) is 1. The summed E-state index contributed by atoms with van der Waals surface area (Å²) in [7, 11) is -3.91. The average molecular weight is 481 g/mol. The lowest BCUT2D eigenvalue weighted by molar-refractivity contribution is -0.126. The lowest BCUT2D eigenvalue weighted by Crippen LogP contribution is -2.31. The van der Waals surface area contributed by atoms with Gasteiger partial charge in [-0.3, -0.25) is 9.59 Å². The molecule has 1 atom stereocenters. The first-order chi connectivity index (χ1) is 16.0. The molecule has 0 aliphatic rings. The van der Waals surface area contributed by atoms with Gasteiger partial charge in [0.15, 0.2) is 5.78 Å². The maximum atomic E-state index is 12.6. The third-order valence-corrected chi connectivity index (χ3v) is 5.92. The van der Waals surface area contributed by atoms with Gasteiger partial charge in [0.1, 0.15) is 0 Å². The number of ketones is 1. The van der Waals surface area contributed by atoms with E-state index in [0.717, 1.165) is 11.1 Å². The Bertz CT molecular complexity index is 1330. The number of carbonyl (C=O) groups excluding carboxylic acids is 2. The highest BCUT2D eigenvalue weighted by Gasteiger charge is 2.23. The van der Waals surface area contributed by atoms with Gasteiger partial charge in [0, 0.05) is 17.6 Å². The molecule has 3 rings (SSSR count). The first-order valence-corrected chi connectivity index (χ1v) is 11.7. The monoisotopic (exact) mass is 480 g/mol. The molecular weight excluding hydrogens is 456 g/mol. The van der Waals surface area contributed by atoms with E-state index in [0.29, 0.717) is 11.4 Å². The molecule has 0 saturated carbocycles. The zero-order chi connectivity index (χ0) is 24.9. The summed E-state index contributed by atoms with van der Waals surface area (Å²) < 4.78 is 27.4. The van der Waals surface area contributed by atoms with Crippen molar-refractivity contribution in [2.24, 2.45) is 10.2 Å². The molecule has 0 aliphatic carbocycles. The first-order valence-electron chi connectivity index (χ1n) is 10.3. The van der Waals surface area contributed by atoms with Crippen molar-refractivity contribution in [3.8, 4) is 0 Å². The molecule has 0 spiro atoms. The maximum Gasteiger partial charge on any atom is 0.264 e. The molecule has 3 aromatic rings. The van der Waals surface area contributed by atoms with Gasteiger partial charge in [0.05, 0.1) is 10.6 Å². The number of azo groups is 1. The van der Waals surface area contributed by atoms with E-state index in [4.69, 9.17) is 0 Å². The van der Waals surface area contributed by atoms with Gasteiger partial charge in [-0.05, 0) is 81.3 Å². The predicted molar refractivity (Wildman–Crippen MR) is 128 cm³/mol. The molecule has 0 fully saturated rings. The van der Waals surface area contributed by atoms with Crippen LogP contribution in [-0.4, -0.2) is 36.1 Å². The molecule has 2 N–H and O–H groups in total. The number of anilines is 2. The molecule has 0 unspecified atom stereocenters. The summed E-state index contributed by atoms with van der Waals surface area (Å²) in [5, 5.41) is 10.5. The van der Waals surface area contributed by atoms with Crippen molar-refractivity contribution in [1.82, 2.24) is 9.97 Å². The van der Waals surface area contributed by atoms with E-state index in [1.165, 1.54) is 37.4 Å². The van der Waals surface area contributed by atoms with E-state index in [9.17, 15) is 18.0 Å². The van der Waals surface area contributed by atoms with E-state index in [1.807, 2.05) is 19.9 Å². The average Bonchev–Trinajstić information content (AvgIpc) is 2.73. The molecule has 10 nitrogen and oxygen atoms in total. The molecule has 0 saturated heterocycles. The zero-order valence-electron chi connectivity index (χ0n) is 19.1. The van der Waals surface area contributed by atoms with Gasteiger partial charge >= 0.3 is 0 Å². The number of sulfonamides is 1. The third-order valence-electron chi connectivity index (χ3n) is 4.58. The summed E-state index contributed by atoms with van der Waals surface area (Å²) in [4.78, 5) is 32.5. The molecule has 0 bridgehead atoms. The number of hydrogen-bond acceptors (Lipinski definition) is 8. The van der Waals surface area contributed by atoms with Crippen LogP contribution in [0.15, 0.2) is 69.9 Å². The Morgan fingerprint density at radius 3 is 2.21 bits per heavy atom. The fourth-order valence-electron chi connectivity index (χ4n) is 3.07. The van der Waals surface area contributed by atoms with Crippen molar-refractivity contribution in [3.05, 3.63) is 71.5 Å². The van der Waals surface area contributed by atoms with Crippen LogP contribution < -0.4 is 10.0 Å². The van der Waals surface area contributed by atoms with Crippen molar-refractivity contribution >= 4 is 39.0 Å². The van der Waals surface area contributed by atoms with Gasteiger partial charge in [0.25, 0.3) is 15.9 Å². The molecule has 34 heavy (non-hydrogen) atoms. The molecule has 0 radical (unpaired) electrons. The van der Waals surface area contributed by atoms with Gasteiger partial charge in [-0.1, -0.05) is 6.07 Å². The van der Waals surface area contributed by atoms with Crippen LogP contribution in [0.4, 0.5) is 17.3 Å². The lowest BCUT2D eigenvalue weighted by atomic mass is 10.1. The number of nitrogens with zero attached hydrogens (tertiary/aromatic N) is 4. The van der Waals surface area contributed by atoms with E-state index in [2.05, 4.69) is 30.2 Å². The molecule has 2 aromatic carbocycles. The van der Waals surface area contributed by atoms with Gasteiger partial charge in [0.2, 0.25) is 12.0 Å². The van der Waals surface area contributed by atoms with Crippen LogP contribution in [0, 0.1) is 20.8 Å². The zero-order valence-corrected chi connectivity index (χ0v) is 19.9. The summed E-state index contributed by atoms with van der Waals surface area (Å²) in [6.45, 7) is 6.77. The van der Waals surface area contributed by atoms with Gasteiger partial charge in [-0.2, -0.15) is 10.2 Å². The first kappa shape index (κ1) is 24.6. The van der Waals surface area contributed by atoms with Crippen molar-refractivity contribution < 1.29 is 18.0 Å². The van der Waals surface area contributed by atoms with Crippen LogP contribution in [0.1, 0.15) is 23.7 Å². The van der Waals surface area contributed by atoms with E-state index in [1.54, 1.807) is 25.1 Å². The molecule has 1 amide bonds. The Kier molecular flexibility index (Phi) is 7.47. The fraction of sp³-hybridized carbons (Fsp3) is 0.217. The second-order valence-electron chi connectivity index (χ2n) is 7.72. The number of amides is 1. The molecular formula is C23H24N6O4S. The molecule has 11 heteroatoms. The summed E-state index contributed by atoms with van der Waals surface area (Å²) in [5.74, 6) is -1.13. The highest BCUT2D eigenvalue weighted by atomic mass is 32.2. The Balaban J connectivity index is 1.72. The Labute approximate surface area is 197 Å². The van der Waals surface area contributed by atoms with Crippen molar-refractivity contribution in [2.75, 3.05) is 10.0 Å². The number of hydrogen-bond donors (Lipinski definition) is 2. The summed E-state index contributed by atoms with van der Waals surface area (Å²) >= 11 is 0. The van der Waals surface area contributed by atoms with Crippen molar-refractivity contribution in [1.29, 1.82) is 0 Å². The smallest absolute Gasteiger partial charge is 0.264 e. The molecule has 1 heterocycles. The van der Waals surface area contributed by atoms with Gasteiger partial charge in [-0.25, -0.2) is 23.1 Å². The SMILES string of the molecule is CC(=O)[C@@H](N=Nc1ccc(S(=O)(=O)Nc2nccc(C)n2)cc1)C(=O)Nc1cc(C)cc(C)c1. The summed E-state index contributed by atoms with van der Waals surface area (Å²) in [6, 6.07) is 11.3. The Hall–Kier alpha value is -3.99. The minimum Gasteiger partial charge on any atom is -0.324 e. The molecule has 176 valence electrons. The quantitative estimate of drug-likeness (QED) is 0.370. The van der Waals surface area contributed by atoms with Crippen LogP contribution >= 0.6 is 0 Å². The van der Waals surface area contributed by atoms with Crippen molar-refractivity contribution in [2.45, 2.75) is 38.6 Å². The number of rotatable bonds is 8. The highest BCUT2D eigenvalue weighted by molar-refractivity contribution is 7.92. The third kappa shape index (κ3) is 6.51. The van der Waals surface area contributed by atoms with E-state index < -0.39 is 27.8 Å². The molecule has 1 aromatic heterocycles. The number of carbonyl (C=O) groups is 2. The fourth-order valence-corrected chi connectivity index (χ4v) is 4.02. The van der Waals surface area contributed by atoms with Crippen LogP contribution in [-0.2, 0) is 19.6 Å². The van der Waals surface area contributed by atoms with Crippen LogP contribution in [0.25, 0.3) is 0 Å².